The van der Waals surface area contributed by atoms with Crippen molar-refractivity contribution >= 4 is 16.9 Å². The SMILES string of the molecule is COc1nc2ccccc2cc1-c1cnc(CCCCCCC(=O)O)o1. The van der Waals surface area contributed by atoms with E-state index in [1.54, 1.807) is 13.3 Å². The summed E-state index contributed by atoms with van der Waals surface area (Å²) in [7, 11) is 1.59. The van der Waals surface area contributed by atoms with Gasteiger partial charge in [0.1, 0.15) is 0 Å². The number of fused-ring (bicyclic) bond motifs is 1. The summed E-state index contributed by atoms with van der Waals surface area (Å²) >= 11 is 0. The summed E-state index contributed by atoms with van der Waals surface area (Å²) in [5, 5.41) is 9.64. The van der Waals surface area contributed by atoms with Gasteiger partial charge in [0, 0.05) is 18.2 Å². The molecule has 0 aliphatic carbocycles. The summed E-state index contributed by atoms with van der Waals surface area (Å²) in [6, 6.07) is 9.85. The third-order valence-electron chi connectivity index (χ3n) is 4.23. The predicted molar refractivity (Wildman–Crippen MR) is 98.2 cm³/mol. The first-order valence-corrected chi connectivity index (χ1v) is 8.78. The minimum atomic E-state index is -0.736. The van der Waals surface area contributed by atoms with Gasteiger partial charge in [0.2, 0.25) is 5.88 Å². The molecule has 0 spiro atoms. The topological polar surface area (TPSA) is 85.5 Å². The Balaban J connectivity index is 1.66. The molecule has 0 amide bonds. The van der Waals surface area contributed by atoms with Gasteiger partial charge in [-0.3, -0.25) is 4.79 Å². The smallest absolute Gasteiger partial charge is 0.303 e. The van der Waals surface area contributed by atoms with Gasteiger partial charge in [0.05, 0.1) is 24.4 Å². The van der Waals surface area contributed by atoms with E-state index in [1.807, 2.05) is 30.3 Å². The Bertz CT molecular complexity index is 888. The van der Waals surface area contributed by atoms with Crippen LogP contribution in [0.3, 0.4) is 0 Å². The van der Waals surface area contributed by atoms with Crippen LogP contribution in [0.4, 0.5) is 0 Å². The largest absolute Gasteiger partial charge is 0.481 e. The highest BCUT2D eigenvalue weighted by Gasteiger charge is 2.14. The normalized spacial score (nSPS) is 11.0. The molecule has 6 nitrogen and oxygen atoms in total. The summed E-state index contributed by atoms with van der Waals surface area (Å²) in [5.41, 5.74) is 1.65. The maximum atomic E-state index is 10.5. The van der Waals surface area contributed by atoms with E-state index < -0.39 is 5.97 Å². The molecule has 3 aromatic rings. The average Bonchev–Trinajstić information content (AvgIpc) is 3.12. The zero-order valence-corrected chi connectivity index (χ0v) is 14.8. The third kappa shape index (κ3) is 4.39. The number of hydrogen-bond donors (Lipinski definition) is 1. The summed E-state index contributed by atoms with van der Waals surface area (Å²) < 4.78 is 11.3. The number of rotatable bonds is 9. The Labute approximate surface area is 151 Å². The fraction of sp³-hybridized carbons (Fsp3) is 0.350. The summed E-state index contributed by atoms with van der Waals surface area (Å²) in [6.07, 6.45) is 6.18. The molecule has 3 rings (SSSR count). The van der Waals surface area contributed by atoms with Gasteiger partial charge in [-0.25, -0.2) is 9.97 Å². The van der Waals surface area contributed by atoms with Crippen LogP contribution in [0.5, 0.6) is 5.88 Å². The second-order valence-corrected chi connectivity index (χ2v) is 6.16. The Hall–Kier alpha value is -2.89. The van der Waals surface area contributed by atoms with Crippen LogP contribution < -0.4 is 4.74 Å². The number of pyridine rings is 1. The number of carboxylic acid groups (broad SMARTS) is 1. The molecule has 0 aliphatic heterocycles. The van der Waals surface area contributed by atoms with Gasteiger partial charge in [0.25, 0.3) is 0 Å². The Kier molecular flexibility index (Phi) is 5.84. The molecule has 0 atom stereocenters. The van der Waals surface area contributed by atoms with Crippen LogP contribution in [0.1, 0.15) is 38.0 Å². The molecule has 2 aromatic heterocycles. The van der Waals surface area contributed by atoms with Gasteiger partial charge >= 0.3 is 5.97 Å². The van der Waals surface area contributed by atoms with Crippen molar-refractivity contribution in [3.8, 4) is 17.2 Å². The molecular formula is C20H22N2O4. The first-order chi connectivity index (χ1) is 12.7. The van der Waals surface area contributed by atoms with Gasteiger partial charge in [-0.05, 0) is 25.0 Å². The minimum absolute atomic E-state index is 0.234. The molecule has 1 aromatic carbocycles. The number of aromatic nitrogens is 2. The van der Waals surface area contributed by atoms with Crippen molar-refractivity contribution < 1.29 is 19.1 Å². The number of ether oxygens (including phenoxy) is 1. The zero-order chi connectivity index (χ0) is 18.4. The predicted octanol–water partition coefficient (Wildman–Crippen LogP) is 4.48. The molecule has 26 heavy (non-hydrogen) atoms. The molecule has 0 saturated heterocycles. The van der Waals surface area contributed by atoms with Crippen LogP contribution >= 0.6 is 0 Å². The number of carboxylic acids is 1. The van der Waals surface area contributed by atoms with Crippen LogP contribution in [0.15, 0.2) is 40.9 Å². The van der Waals surface area contributed by atoms with Crippen molar-refractivity contribution in [2.24, 2.45) is 0 Å². The first-order valence-electron chi connectivity index (χ1n) is 8.78. The fourth-order valence-electron chi connectivity index (χ4n) is 2.89. The van der Waals surface area contributed by atoms with Gasteiger partial charge in [-0.1, -0.05) is 31.0 Å². The average molecular weight is 354 g/mol. The lowest BCUT2D eigenvalue weighted by Gasteiger charge is -2.07. The van der Waals surface area contributed by atoms with Crippen LogP contribution in [0.25, 0.3) is 22.2 Å². The van der Waals surface area contributed by atoms with Crippen molar-refractivity contribution in [1.29, 1.82) is 0 Å². The highest BCUT2D eigenvalue weighted by molar-refractivity contribution is 5.85. The molecule has 0 saturated carbocycles. The van der Waals surface area contributed by atoms with Gasteiger partial charge < -0.3 is 14.3 Å². The Morgan fingerprint density at radius 3 is 2.81 bits per heavy atom. The number of aryl methyl sites for hydroxylation is 1. The molecule has 136 valence electrons. The highest BCUT2D eigenvalue weighted by atomic mass is 16.5. The van der Waals surface area contributed by atoms with E-state index in [0.29, 0.717) is 24.0 Å². The monoisotopic (exact) mass is 354 g/mol. The van der Waals surface area contributed by atoms with Crippen LogP contribution in [0, 0.1) is 0 Å². The van der Waals surface area contributed by atoms with Crippen molar-refractivity contribution in [1.82, 2.24) is 9.97 Å². The Morgan fingerprint density at radius 1 is 1.19 bits per heavy atom. The second kappa shape index (κ2) is 8.47. The molecule has 0 aliphatic rings. The van der Waals surface area contributed by atoms with E-state index in [9.17, 15) is 4.79 Å². The lowest BCUT2D eigenvalue weighted by Crippen LogP contribution is -1.94. The molecule has 0 radical (unpaired) electrons. The highest BCUT2D eigenvalue weighted by Crippen LogP contribution is 2.32. The zero-order valence-electron chi connectivity index (χ0n) is 14.8. The van der Waals surface area contributed by atoms with Gasteiger partial charge in [-0.15, -0.1) is 0 Å². The number of oxazole rings is 1. The standard InChI is InChI=1S/C20H22N2O4/c1-25-20-15(12-14-8-6-7-9-16(14)22-20)17-13-21-18(26-17)10-4-2-3-5-11-19(23)24/h6-9,12-13H,2-5,10-11H2,1H3,(H,23,24). The van der Waals surface area contributed by atoms with Crippen LogP contribution in [-0.2, 0) is 11.2 Å². The fourth-order valence-corrected chi connectivity index (χ4v) is 2.89. The molecular weight excluding hydrogens is 332 g/mol. The summed E-state index contributed by atoms with van der Waals surface area (Å²) in [4.78, 5) is 19.4. The van der Waals surface area contributed by atoms with E-state index in [0.717, 1.165) is 42.1 Å². The van der Waals surface area contributed by atoms with Crippen LogP contribution in [-0.4, -0.2) is 28.2 Å². The van der Waals surface area contributed by atoms with Crippen molar-refractivity contribution in [3.05, 3.63) is 42.4 Å². The van der Waals surface area contributed by atoms with Crippen molar-refractivity contribution in [2.75, 3.05) is 7.11 Å². The van der Waals surface area contributed by atoms with E-state index in [4.69, 9.17) is 14.3 Å². The third-order valence-corrected chi connectivity index (χ3v) is 4.23. The molecule has 1 N–H and O–H groups in total. The molecule has 2 heterocycles. The van der Waals surface area contributed by atoms with Crippen LogP contribution in [0.2, 0.25) is 0 Å². The van der Waals surface area contributed by atoms with Gasteiger partial charge in [-0.2, -0.15) is 0 Å². The Morgan fingerprint density at radius 2 is 2.00 bits per heavy atom. The number of para-hydroxylation sites is 1. The minimum Gasteiger partial charge on any atom is -0.481 e. The number of carbonyl (C=O) groups is 1. The summed E-state index contributed by atoms with van der Waals surface area (Å²) in [5.74, 6) is 1.09. The maximum Gasteiger partial charge on any atom is 0.303 e. The number of nitrogens with zero attached hydrogens (tertiary/aromatic N) is 2. The number of hydrogen-bond acceptors (Lipinski definition) is 5. The van der Waals surface area contributed by atoms with E-state index in [1.165, 1.54) is 0 Å². The van der Waals surface area contributed by atoms with E-state index >= 15 is 0 Å². The number of methoxy groups -OCH3 is 1. The number of aliphatic carboxylic acids is 1. The van der Waals surface area contributed by atoms with Gasteiger partial charge in [0.15, 0.2) is 11.7 Å². The second-order valence-electron chi connectivity index (χ2n) is 6.16. The maximum absolute atomic E-state index is 10.5. The summed E-state index contributed by atoms with van der Waals surface area (Å²) in [6.45, 7) is 0. The molecule has 6 heteroatoms. The van der Waals surface area contributed by atoms with Crippen molar-refractivity contribution in [2.45, 2.75) is 38.5 Å². The first kappa shape index (κ1) is 17.9. The van der Waals surface area contributed by atoms with E-state index in [-0.39, 0.29) is 6.42 Å². The van der Waals surface area contributed by atoms with Crippen molar-refractivity contribution in [3.63, 3.8) is 0 Å². The molecule has 0 unspecified atom stereocenters. The van der Waals surface area contributed by atoms with E-state index in [2.05, 4.69) is 9.97 Å². The number of benzene rings is 1. The molecule has 0 fully saturated rings. The lowest BCUT2D eigenvalue weighted by molar-refractivity contribution is -0.137. The number of unbranched alkanes of at least 4 members (excludes halogenated alkanes) is 3. The quantitative estimate of drug-likeness (QED) is 0.570. The molecule has 0 bridgehead atoms. The lowest BCUT2D eigenvalue weighted by atomic mass is 10.1.